The van der Waals surface area contributed by atoms with E-state index in [1.165, 1.54) is 11.6 Å². The quantitative estimate of drug-likeness (QED) is 0.550. The fourth-order valence-electron chi connectivity index (χ4n) is 2.67. The van der Waals surface area contributed by atoms with E-state index in [4.69, 9.17) is 0 Å². The minimum atomic E-state index is -4.48. The van der Waals surface area contributed by atoms with Crippen LogP contribution in [0.4, 0.5) is 13.2 Å². The predicted octanol–water partition coefficient (Wildman–Crippen LogP) is 3.84. The summed E-state index contributed by atoms with van der Waals surface area (Å²) >= 11 is 0. The maximum Gasteiger partial charge on any atom is 0.433 e. The van der Waals surface area contributed by atoms with Crippen LogP contribution in [-0.4, -0.2) is 29.8 Å². The molecule has 0 saturated carbocycles. The zero-order valence-electron chi connectivity index (χ0n) is 14.1. The first-order valence-electron chi connectivity index (χ1n) is 8.00. The van der Waals surface area contributed by atoms with E-state index in [1.807, 2.05) is 6.07 Å². The van der Waals surface area contributed by atoms with Gasteiger partial charge in [-0.05, 0) is 37.3 Å². The average Bonchev–Trinajstić information content (AvgIpc) is 3.29. The monoisotopic (exact) mass is 370 g/mol. The Morgan fingerprint density at radius 2 is 1.78 bits per heavy atom. The molecule has 0 spiro atoms. The highest BCUT2D eigenvalue weighted by Crippen LogP contribution is 2.31. The lowest BCUT2D eigenvalue weighted by atomic mass is 10.1. The number of aromatic nitrogens is 6. The lowest BCUT2D eigenvalue weighted by Crippen LogP contribution is -2.13. The molecule has 0 aliphatic carbocycles. The molecule has 0 amide bonds. The van der Waals surface area contributed by atoms with Crippen LogP contribution >= 0.6 is 0 Å². The summed E-state index contributed by atoms with van der Waals surface area (Å²) in [7, 11) is 0. The van der Waals surface area contributed by atoms with Gasteiger partial charge in [-0.3, -0.25) is 0 Å². The van der Waals surface area contributed by atoms with E-state index in [-0.39, 0.29) is 0 Å². The second kappa shape index (κ2) is 6.35. The third kappa shape index (κ3) is 3.31. The van der Waals surface area contributed by atoms with Crippen LogP contribution in [0.3, 0.4) is 0 Å². The maximum atomic E-state index is 13.2. The lowest BCUT2D eigenvalue weighted by Gasteiger charge is -2.10. The number of benzene rings is 1. The summed E-state index contributed by atoms with van der Waals surface area (Å²) in [6.07, 6.45) is -1.13. The second-order valence-corrected chi connectivity index (χ2v) is 5.86. The second-order valence-electron chi connectivity index (χ2n) is 5.86. The molecule has 0 atom stereocenters. The zero-order chi connectivity index (χ0) is 19.0. The highest BCUT2D eigenvalue weighted by Gasteiger charge is 2.35. The molecule has 6 nitrogen and oxygen atoms in total. The molecule has 0 bridgehead atoms. The fraction of sp³-hybridized carbons (Fsp3) is 0.111. The van der Waals surface area contributed by atoms with Crippen LogP contribution < -0.4 is 0 Å². The van der Waals surface area contributed by atoms with Crippen molar-refractivity contribution in [1.29, 1.82) is 0 Å². The van der Waals surface area contributed by atoms with Gasteiger partial charge >= 0.3 is 6.18 Å². The van der Waals surface area contributed by atoms with Crippen LogP contribution in [0, 0.1) is 6.92 Å². The van der Waals surface area contributed by atoms with Gasteiger partial charge in [-0.2, -0.15) is 18.3 Å². The van der Waals surface area contributed by atoms with E-state index in [9.17, 15) is 13.2 Å². The molecule has 0 radical (unpaired) electrons. The molecule has 27 heavy (non-hydrogen) atoms. The molecule has 3 heterocycles. The number of pyridine rings is 1. The summed E-state index contributed by atoms with van der Waals surface area (Å²) in [5.74, 6) is 0.620. The maximum absolute atomic E-state index is 13.2. The van der Waals surface area contributed by atoms with Crippen molar-refractivity contribution in [3.8, 4) is 22.8 Å². The Morgan fingerprint density at radius 1 is 1.00 bits per heavy atom. The summed E-state index contributed by atoms with van der Waals surface area (Å²) in [6, 6.07) is 12.9. The van der Waals surface area contributed by atoms with Crippen LogP contribution in [0.5, 0.6) is 0 Å². The van der Waals surface area contributed by atoms with Crippen molar-refractivity contribution in [2.24, 2.45) is 0 Å². The highest BCUT2D eigenvalue weighted by molar-refractivity contribution is 5.60. The molecule has 4 aromatic rings. The minimum absolute atomic E-state index is 0.296. The van der Waals surface area contributed by atoms with E-state index in [2.05, 4.69) is 20.4 Å². The Labute approximate surface area is 151 Å². The van der Waals surface area contributed by atoms with Gasteiger partial charge in [0.2, 0.25) is 0 Å². The summed E-state index contributed by atoms with van der Waals surface area (Å²) in [4.78, 5) is 4.19. The molecule has 0 aliphatic heterocycles. The van der Waals surface area contributed by atoms with Gasteiger partial charge in [0.05, 0.1) is 17.6 Å². The van der Waals surface area contributed by atoms with Gasteiger partial charge in [-0.25, -0.2) is 14.3 Å². The molecule has 4 rings (SSSR count). The number of nitrogens with zero attached hydrogens (tertiary/aromatic N) is 6. The van der Waals surface area contributed by atoms with Gasteiger partial charge < -0.3 is 0 Å². The van der Waals surface area contributed by atoms with Crippen molar-refractivity contribution in [3.63, 3.8) is 0 Å². The number of rotatable bonds is 3. The first-order valence-corrected chi connectivity index (χ1v) is 8.00. The van der Waals surface area contributed by atoms with Gasteiger partial charge in [-0.15, -0.1) is 5.10 Å². The van der Waals surface area contributed by atoms with Crippen LogP contribution in [0.2, 0.25) is 0 Å². The highest BCUT2D eigenvalue weighted by atomic mass is 19.4. The van der Waals surface area contributed by atoms with E-state index in [0.29, 0.717) is 22.9 Å². The van der Waals surface area contributed by atoms with Crippen molar-refractivity contribution < 1.29 is 13.2 Å². The number of hydrogen-bond donors (Lipinski definition) is 0. The van der Waals surface area contributed by atoms with Gasteiger partial charge in [0.1, 0.15) is 11.4 Å². The van der Waals surface area contributed by atoms with Gasteiger partial charge in [0, 0.05) is 11.8 Å². The molecule has 0 aliphatic rings. The number of hydrogen-bond acceptors (Lipinski definition) is 4. The van der Waals surface area contributed by atoms with Crippen molar-refractivity contribution in [3.05, 3.63) is 72.3 Å². The SMILES string of the molecule is Cc1cc(C(F)(F)F)n(-c2ccc(-c3cn(-c4ccccn4)nn3)cc2)n1. The molecule has 0 fully saturated rings. The third-order valence-corrected chi connectivity index (χ3v) is 3.91. The summed E-state index contributed by atoms with van der Waals surface area (Å²) < 4.78 is 41.9. The molecular formula is C18H13F3N6. The predicted molar refractivity (Wildman–Crippen MR) is 91.5 cm³/mol. The summed E-state index contributed by atoms with van der Waals surface area (Å²) in [5.41, 5.74) is 1.10. The Balaban J connectivity index is 1.65. The molecule has 0 unspecified atom stereocenters. The zero-order valence-corrected chi connectivity index (χ0v) is 14.1. The van der Waals surface area contributed by atoms with Crippen molar-refractivity contribution in [1.82, 2.24) is 29.8 Å². The fourth-order valence-corrected chi connectivity index (χ4v) is 2.67. The van der Waals surface area contributed by atoms with E-state index in [0.717, 1.165) is 16.3 Å². The topological polar surface area (TPSA) is 61.4 Å². The Bertz CT molecular complexity index is 1060. The van der Waals surface area contributed by atoms with Crippen molar-refractivity contribution >= 4 is 0 Å². The molecular weight excluding hydrogens is 357 g/mol. The smallest absolute Gasteiger partial charge is 0.237 e. The van der Waals surface area contributed by atoms with Gasteiger partial charge in [0.25, 0.3) is 0 Å². The van der Waals surface area contributed by atoms with Crippen LogP contribution in [-0.2, 0) is 6.18 Å². The standard InChI is InChI=1S/C18H13F3N6/c1-12-10-16(18(19,20)21)27(24-12)14-7-5-13(6-8-14)15-11-26(25-23-15)17-4-2-3-9-22-17/h2-11H,1H3. The summed E-state index contributed by atoms with van der Waals surface area (Å²) in [6.45, 7) is 1.52. The van der Waals surface area contributed by atoms with E-state index < -0.39 is 11.9 Å². The average molecular weight is 370 g/mol. The lowest BCUT2D eigenvalue weighted by molar-refractivity contribution is -0.142. The van der Waals surface area contributed by atoms with Crippen LogP contribution in [0.15, 0.2) is 60.9 Å². The largest absolute Gasteiger partial charge is 0.433 e. The Hall–Kier alpha value is -3.49. The van der Waals surface area contributed by atoms with E-state index >= 15 is 0 Å². The molecule has 3 aromatic heterocycles. The minimum Gasteiger partial charge on any atom is -0.237 e. The van der Waals surface area contributed by atoms with Crippen molar-refractivity contribution in [2.75, 3.05) is 0 Å². The van der Waals surface area contributed by atoms with Crippen molar-refractivity contribution in [2.45, 2.75) is 13.1 Å². The first-order chi connectivity index (χ1) is 12.9. The molecule has 0 saturated heterocycles. The molecule has 1 aromatic carbocycles. The van der Waals surface area contributed by atoms with Crippen LogP contribution in [0.25, 0.3) is 22.8 Å². The molecule has 0 N–H and O–H groups in total. The normalized spacial score (nSPS) is 11.7. The molecule has 136 valence electrons. The Morgan fingerprint density at radius 3 is 2.44 bits per heavy atom. The number of halogens is 3. The summed E-state index contributed by atoms with van der Waals surface area (Å²) in [5, 5.41) is 12.1. The molecule has 9 heteroatoms. The number of alkyl halides is 3. The van der Waals surface area contributed by atoms with Crippen LogP contribution in [0.1, 0.15) is 11.4 Å². The Kier molecular flexibility index (Phi) is 3.98. The van der Waals surface area contributed by atoms with E-state index in [1.54, 1.807) is 48.8 Å². The number of aryl methyl sites for hydroxylation is 1. The van der Waals surface area contributed by atoms with Gasteiger partial charge in [-0.1, -0.05) is 23.4 Å². The first kappa shape index (κ1) is 17.0. The van der Waals surface area contributed by atoms with Gasteiger partial charge in [0.15, 0.2) is 5.82 Å². The third-order valence-electron chi connectivity index (χ3n) is 3.91.